The highest BCUT2D eigenvalue weighted by molar-refractivity contribution is 7.92. The van der Waals surface area contributed by atoms with Crippen LogP contribution in [0.3, 0.4) is 0 Å². The van der Waals surface area contributed by atoms with Crippen LogP contribution in [0.15, 0.2) is 57.9 Å². The molecule has 0 aliphatic carbocycles. The van der Waals surface area contributed by atoms with Crippen molar-refractivity contribution in [2.24, 2.45) is 0 Å². The van der Waals surface area contributed by atoms with Crippen LogP contribution in [0.25, 0.3) is 0 Å². The number of amides is 1. The summed E-state index contributed by atoms with van der Waals surface area (Å²) in [6.45, 7) is 4.96. The first-order valence-electron chi connectivity index (χ1n) is 11.7. The normalized spacial score (nSPS) is 16.4. The maximum Gasteiger partial charge on any atom is 0.261 e. The molecule has 1 fully saturated rings. The fourth-order valence-electron chi connectivity index (χ4n) is 4.16. The van der Waals surface area contributed by atoms with Crippen molar-refractivity contribution in [2.75, 3.05) is 17.8 Å². The molecule has 1 amide bonds. The number of sulfonamides is 1. The van der Waals surface area contributed by atoms with Gasteiger partial charge in [-0.3, -0.25) is 9.52 Å². The van der Waals surface area contributed by atoms with Crippen LogP contribution in [0.1, 0.15) is 66.2 Å². The van der Waals surface area contributed by atoms with Gasteiger partial charge in [0.2, 0.25) is 5.89 Å². The Hall–Kier alpha value is -3.20. The van der Waals surface area contributed by atoms with Crippen LogP contribution in [-0.2, 0) is 16.4 Å². The molecular weight excluding hydrogens is 452 g/mol. The molecule has 0 spiro atoms. The molecule has 0 bridgehead atoms. The van der Waals surface area contributed by atoms with Gasteiger partial charge in [0.1, 0.15) is 0 Å². The van der Waals surface area contributed by atoms with Gasteiger partial charge in [-0.1, -0.05) is 36.7 Å². The Labute approximate surface area is 200 Å². The summed E-state index contributed by atoms with van der Waals surface area (Å²) in [4.78, 5) is 19.3. The monoisotopic (exact) mass is 482 g/mol. The Morgan fingerprint density at radius 2 is 2.00 bits per heavy atom. The highest BCUT2D eigenvalue weighted by atomic mass is 32.2. The lowest BCUT2D eigenvalue weighted by Crippen LogP contribution is -2.39. The number of aromatic nitrogens is 2. The number of hydrogen-bond acceptors (Lipinski definition) is 6. The van der Waals surface area contributed by atoms with E-state index >= 15 is 0 Å². The molecule has 0 saturated carbocycles. The molecule has 1 saturated heterocycles. The third-order valence-electron chi connectivity index (χ3n) is 6.02. The van der Waals surface area contributed by atoms with E-state index in [4.69, 9.17) is 4.52 Å². The molecule has 2 heterocycles. The second kappa shape index (κ2) is 10.4. The summed E-state index contributed by atoms with van der Waals surface area (Å²) >= 11 is 0. The first-order chi connectivity index (χ1) is 16.4. The fraction of sp³-hybridized carbons (Fsp3) is 0.400. The number of piperidine rings is 1. The predicted octanol–water partition coefficient (Wildman–Crippen LogP) is 4.54. The van der Waals surface area contributed by atoms with Gasteiger partial charge in [-0.2, -0.15) is 4.98 Å². The number of aryl methyl sites for hydroxylation is 2. The van der Waals surface area contributed by atoms with Gasteiger partial charge in [-0.05, 0) is 68.5 Å². The summed E-state index contributed by atoms with van der Waals surface area (Å²) in [5.41, 5.74) is 2.00. The van der Waals surface area contributed by atoms with Crippen LogP contribution in [0.5, 0.6) is 0 Å². The van der Waals surface area contributed by atoms with Crippen molar-refractivity contribution >= 4 is 21.6 Å². The molecule has 1 aromatic heterocycles. The number of carbonyl (C=O) groups excluding carboxylic acids is 1. The molecule has 2 aromatic carbocycles. The topological polar surface area (TPSA) is 105 Å². The van der Waals surface area contributed by atoms with Crippen LogP contribution < -0.4 is 4.72 Å². The van der Waals surface area contributed by atoms with E-state index in [1.54, 1.807) is 36.1 Å². The molecule has 8 nitrogen and oxygen atoms in total. The van der Waals surface area contributed by atoms with Gasteiger partial charge < -0.3 is 9.42 Å². The third-order valence-corrected chi connectivity index (χ3v) is 7.40. The zero-order valence-corrected chi connectivity index (χ0v) is 20.3. The second-order valence-electron chi connectivity index (χ2n) is 8.70. The largest absolute Gasteiger partial charge is 0.339 e. The van der Waals surface area contributed by atoms with Crippen LogP contribution in [0.2, 0.25) is 0 Å². The summed E-state index contributed by atoms with van der Waals surface area (Å²) in [5, 5.41) is 3.85. The maximum absolute atomic E-state index is 13.2. The zero-order chi connectivity index (χ0) is 24.1. The average Bonchev–Trinajstić information content (AvgIpc) is 3.29. The molecule has 4 rings (SSSR count). The van der Waals surface area contributed by atoms with Gasteiger partial charge in [-0.25, -0.2) is 8.42 Å². The summed E-state index contributed by atoms with van der Waals surface area (Å²) < 4.78 is 33.9. The predicted molar refractivity (Wildman–Crippen MR) is 129 cm³/mol. The number of unbranched alkanes of at least 4 members (excludes halogenated alkanes) is 1. The van der Waals surface area contributed by atoms with Gasteiger partial charge in [-0.15, -0.1) is 0 Å². The van der Waals surface area contributed by atoms with Crippen molar-refractivity contribution in [3.05, 3.63) is 71.4 Å². The van der Waals surface area contributed by atoms with Gasteiger partial charge in [0, 0.05) is 24.3 Å². The molecule has 180 valence electrons. The Morgan fingerprint density at radius 3 is 2.71 bits per heavy atom. The number of rotatable bonds is 8. The third kappa shape index (κ3) is 5.64. The van der Waals surface area contributed by atoms with Crippen LogP contribution >= 0.6 is 0 Å². The highest BCUT2D eigenvalue weighted by Crippen LogP contribution is 2.27. The number of nitrogens with one attached hydrogen (secondary N) is 1. The lowest BCUT2D eigenvalue weighted by Gasteiger charge is -2.31. The second-order valence-corrected chi connectivity index (χ2v) is 10.4. The fourth-order valence-corrected chi connectivity index (χ4v) is 5.26. The van der Waals surface area contributed by atoms with Crippen LogP contribution in [-0.4, -0.2) is 42.5 Å². The van der Waals surface area contributed by atoms with Crippen molar-refractivity contribution in [1.29, 1.82) is 0 Å². The first kappa shape index (κ1) is 23.9. The van der Waals surface area contributed by atoms with E-state index in [2.05, 4.69) is 21.8 Å². The van der Waals surface area contributed by atoms with E-state index in [1.807, 2.05) is 12.1 Å². The molecule has 0 radical (unpaired) electrons. The Balaban J connectivity index is 1.46. The lowest BCUT2D eigenvalue weighted by atomic mass is 9.97. The quantitative estimate of drug-likeness (QED) is 0.505. The van der Waals surface area contributed by atoms with Crippen molar-refractivity contribution in [1.82, 2.24) is 15.0 Å². The molecular formula is C25H30N4O4S. The minimum atomic E-state index is -3.83. The first-order valence-corrected chi connectivity index (χ1v) is 13.2. The number of benzene rings is 2. The molecule has 1 aliphatic heterocycles. The van der Waals surface area contributed by atoms with E-state index in [9.17, 15) is 13.2 Å². The summed E-state index contributed by atoms with van der Waals surface area (Å²) in [5.74, 6) is 0.877. The minimum Gasteiger partial charge on any atom is -0.339 e. The Kier molecular flexibility index (Phi) is 7.31. The van der Waals surface area contributed by atoms with Crippen molar-refractivity contribution < 1.29 is 17.7 Å². The Morgan fingerprint density at radius 1 is 1.21 bits per heavy atom. The smallest absolute Gasteiger partial charge is 0.261 e. The van der Waals surface area contributed by atoms with E-state index in [1.165, 1.54) is 17.7 Å². The molecule has 1 N–H and O–H groups in total. The van der Waals surface area contributed by atoms with Crippen molar-refractivity contribution in [3.8, 4) is 0 Å². The van der Waals surface area contributed by atoms with Crippen LogP contribution in [0, 0.1) is 6.92 Å². The number of nitrogens with zero attached hydrogens (tertiary/aromatic N) is 3. The lowest BCUT2D eigenvalue weighted by molar-refractivity contribution is 0.0695. The Bertz CT molecular complexity index is 1240. The SMILES string of the molecule is CCCCc1ccc(NS(=O)(=O)c2cccc(C(=O)N3CCCC(c4nc(C)no4)C3)c2)cc1. The summed E-state index contributed by atoms with van der Waals surface area (Å²) in [6.07, 6.45) is 4.85. The van der Waals surface area contributed by atoms with E-state index in [-0.39, 0.29) is 16.7 Å². The maximum atomic E-state index is 13.2. The average molecular weight is 483 g/mol. The molecule has 34 heavy (non-hydrogen) atoms. The van der Waals surface area contributed by atoms with Gasteiger partial charge in [0.25, 0.3) is 15.9 Å². The molecule has 1 atom stereocenters. The highest BCUT2D eigenvalue weighted by Gasteiger charge is 2.29. The molecule has 1 aliphatic rings. The number of carbonyl (C=O) groups is 1. The zero-order valence-electron chi connectivity index (χ0n) is 19.5. The standard InChI is InChI=1S/C25H30N4O4S/c1-3-4-7-19-11-13-22(14-12-19)28-34(31,32)23-10-5-8-20(16-23)25(30)29-15-6-9-21(17-29)24-26-18(2)27-33-24/h5,8,10-14,16,21,28H,3-4,6-7,9,15,17H2,1-2H3. The molecule has 3 aromatic rings. The minimum absolute atomic E-state index is 0.0206. The summed E-state index contributed by atoms with van der Waals surface area (Å²) in [7, 11) is -3.83. The van der Waals surface area contributed by atoms with Crippen molar-refractivity contribution in [3.63, 3.8) is 0 Å². The van der Waals surface area contributed by atoms with E-state index in [0.717, 1.165) is 32.1 Å². The van der Waals surface area contributed by atoms with Gasteiger partial charge in [0.05, 0.1) is 10.8 Å². The number of likely N-dealkylation sites (tertiary alicyclic amines) is 1. The van der Waals surface area contributed by atoms with Gasteiger partial charge in [0.15, 0.2) is 5.82 Å². The van der Waals surface area contributed by atoms with E-state index in [0.29, 0.717) is 36.1 Å². The summed E-state index contributed by atoms with van der Waals surface area (Å²) in [6, 6.07) is 13.6. The molecule has 9 heteroatoms. The van der Waals surface area contributed by atoms with Crippen molar-refractivity contribution in [2.45, 2.75) is 56.8 Å². The number of hydrogen-bond donors (Lipinski definition) is 1. The van der Waals surface area contributed by atoms with Gasteiger partial charge >= 0.3 is 0 Å². The van der Waals surface area contributed by atoms with Crippen LogP contribution in [0.4, 0.5) is 5.69 Å². The molecule has 1 unspecified atom stereocenters. The van der Waals surface area contributed by atoms with E-state index < -0.39 is 10.0 Å². The number of anilines is 1.